The van der Waals surface area contributed by atoms with Crippen LogP contribution in [0.2, 0.25) is 0 Å². The zero-order valence-electron chi connectivity index (χ0n) is 20.8. The van der Waals surface area contributed by atoms with E-state index in [4.69, 9.17) is 10.5 Å². The maximum Gasteiger partial charge on any atom is 0.250 e. The van der Waals surface area contributed by atoms with Gasteiger partial charge in [0.2, 0.25) is 10.0 Å². The van der Waals surface area contributed by atoms with Gasteiger partial charge in [-0.1, -0.05) is 0 Å². The molecule has 200 valence electrons. The maximum absolute atomic E-state index is 13.0. The maximum atomic E-state index is 13.0. The number of morpholine rings is 1. The van der Waals surface area contributed by atoms with Gasteiger partial charge in [0.1, 0.15) is 0 Å². The number of hydrogen-bond donors (Lipinski definition) is 3. The largest absolute Gasteiger partial charge is 0.391 e. The van der Waals surface area contributed by atoms with Crippen LogP contribution in [0.1, 0.15) is 46.0 Å². The number of aliphatic hydroxyl groups excluding tert-OH is 1. The first-order chi connectivity index (χ1) is 17.9. The summed E-state index contributed by atoms with van der Waals surface area (Å²) in [6, 6.07) is 7.68. The number of nitrogens with two attached hydrogens (primary N) is 1. The van der Waals surface area contributed by atoms with Crippen LogP contribution in [0.4, 0.5) is 0 Å². The van der Waals surface area contributed by atoms with E-state index >= 15 is 0 Å². The average Bonchev–Trinajstić information content (AvgIpc) is 3.56. The van der Waals surface area contributed by atoms with Gasteiger partial charge in [-0.05, 0) is 67.1 Å². The fourth-order valence-corrected chi connectivity index (χ4v) is 7.79. The number of nitrogens with zero attached hydrogens (tertiary/aromatic N) is 2. The molecule has 0 bridgehead atoms. The second-order valence-corrected chi connectivity index (χ2v) is 13.0. The lowest BCUT2D eigenvalue weighted by Crippen LogP contribution is -2.41. The highest BCUT2D eigenvalue weighted by Crippen LogP contribution is 2.38. The Morgan fingerprint density at radius 1 is 1.16 bits per heavy atom. The number of H-pyrrole nitrogens is 1. The van der Waals surface area contributed by atoms with Crippen molar-refractivity contribution in [3.05, 3.63) is 46.5 Å². The Morgan fingerprint density at radius 2 is 1.92 bits per heavy atom. The predicted molar refractivity (Wildman–Crippen MR) is 145 cm³/mol. The standard InChI is InChI=1S/C26H34N4O5S2/c27-26(32)22-15-19(24-3-2-20(17-31)36-24)14-21-23(16-28-25(21)22)18-4-7-30(8-5-18)37(33,34)13-1-6-29-9-11-35-12-10-29/h2-3,14-16,18,28,31H,1,4-13,17H2,(H2,27,32). The van der Waals surface area contributed by atoms with Crippen molar-refractivity contribution < 1.29 is 23.1 Å². The number of amides is 1. The van der Waals surface area contributed by atoms with Crippen LogP contribution in [0.3, 0.4) is 0 Å². The molecule has 1 amide bonds. The zero-order chi connectivity index (χ0) is 26.0. The SMILES string of the molecule is NC(=O)c1cc(-c2ccc(CO)s2)cc2c(C3CCN(S(=O)(=O)CCCN4CCOCC4)CC3)c[nH]c12. The van der Waals surface area contributed by atoms with Crippen molar-refractivity contribution in [3.8, 4) is 10.4 Å². The van der Waals surface area contributed by atoms with Crippen molar-refractivity contribution >= 4 is 38.2 Å². The molecule has 37 heavy (non-hydrogen) atoms. The number of benzene rings is 1. The van der Waals surface area contributed by atoms with Crippen LogP contribution in [0.15, 0.2) is 30.5 Å². The minimum Gasteiger partial charge on any atom is -0.391 e. The van der Waals surface area contributed by atoms with Gasteiger partial charge >= 0.3 is 0 Å². The number of ether oxygens (including phenoxy) is 1. The highest BCUT2D eigenvalue weighted by atomic mass is 32.2. The second kappa shape index (κ2) is 11.2. The number of thiophene rings is 1. The van der Waals surface area contributed by atoms with E-state index < -0.39 is 15.9 Å². The van der Waals surface area contributed by atoms with Gasteiger partial charge in [-0.2, -0.15) is 0 Å². The molecule has 2 aliphatic heterocycles. The summed E-state index contributed by atoms with van der Waals surface area (Å²) < 4.78 is 33.0. The van der Waals surface area contributed by atoms with Crippen LogP contribution in [0.5, 0.6) is 0 Å². The van der Waals surface area contributed by atoms with Crippen molar-refractivity contribution in [2.75, 3.05) is 51.7 Å². The van der Waals surface area contributed by atoms with Crippen molar-refractivity contribution in [1.29, 1.82) is 0 Å². The number of aromatic amines is 1. The second-order valence-electron chi connectivity index (χ2n) is 9.78. The first-order valence-electron chi connectivity index (χ1n) is 12.8. The Labute approximate surface area is 221 Å². The molecule has 4 N–H and O–H groups in total. The van der Waals surface area contributed by atoms with E-state index in [2.05, 4.69) is 16.0 Å². The van der Waals surface area contributed by atoms with Gasteiger partial charge in [-0.3, -0.25) is 9.69 Å². The van der Waals surface area contributed by atoms with Crippen LogP contribution in [-0.2, 0) is 21.4 Å². The number of aliphatic hydroxyl groups is 1. The van der Waals surface area contributed by atoms with E-state index in [1.807, 2.05) is 18.3 Å². The molecule has 0 unspecified atom stereocenters. The fourth-order valence-electron chi connectivity index (χ4n) is 5.41. The molecule has 2 aliphatic rings. The van der Waals surface area contributed by atoms with Crippen LogP contribution in [-0.4, -0.2) is 85.3 Å². The number of carbonyl (C=O) groups is 1. The molecule has 5 rings (SSSR count). The number of primary amides is 1. The monoisotopic (exact) mass is 546 g/mol. The summed E-state index contributed by atoms with van der Waals surface area (Å²) in [7, 11) is -3.29. The summed E-state index contributed by atoms with van der Waals surface area (Å²) in [4.78, 5) is 19.6. The Balaban J connectivity index is 1.29. The minimum atomic E-state index is -3.29. The molecule has 1 aromatic carbocycles. The summed E-state index contributed by atoms with van der Waals surface area (Å²) in [5, 5.41) is 10.4. The van der Waals surface area contributed by atoms with Crippen LogP contribution in [0, 0.1) is 0 Å². The molecular weight excluding hydrogens is 512 g/mol. The summed E-state index contributed by atoms with van der Waals surface area (Å²) >= 11 is 1.48. The molecule has 4 heterocycles. The van der Waals surface area contributed by atoms with Crippen LogP contribution < -0.4 is 5.73 Å². The molecule has 0 atom stereocenters. The Hall–Kier alpha value is -2.28. The van der Waals surface area contributed by atoms with Gasteiger partial charge < -0.3 is 20.6 Å². The highest BCUT2D eigenvalue weighted by molar-refractivity contribution is 7.89. The van der Waals surface area contributed by atoms with Crippen molar-refractivity contribution in [3.63, 3.8) is 0 Å². The van der Waals surface area contributed by atoms with Gasteiger partial charge in [0.15, 0.2) is 0 Å². The van der Waals surface area contributed by atoms with E-state index in [1.165, 1.54) is 11.3 Å². The number of nitrogens with one attached hydrogen (secondary N) is 1. The Morgan fingerprint density at radius 3 is 2.59 bits per heavy atom. The minimum absolute atomic E-state index is 0.0281. The lowest BCUT2D eigenvalue weighted by molar-refractivity contribution is 0.0380. The van der Waals surface area contributed by atoms with Crippen molar-refractivity contribution in [2.24, 2.45) is 5.73 Å². The molecule has 3 aromatic rings. The number of carbonyl (C=O) groups excluding carboxylic acids is 1. The molecule has 2 saturated heterocycles. The van der Waals surface area contributed by atoms with E-state index in [9.17, 15) is 18.3 Å². The van der Waals surface area contributed by atoms with E-state index in [0.29, 0.717) is 43.8 Å². The van der Waals surface area contributed by atoms with Crippen LogP contribution >= 0.6 is 11.3 Å². The quantitative estimate of drug-likeness (QED) is 0.379. The lowest BCUT2D eigenvalue weighted by atomic mass is 9.89. The molecule has 0 radical (unpaired) electrons. The van der Waals surface area contributed by atoms with E-state index in [0.717, 1.165) is 58.7 Å². The summed E-state index contributed by atoms with van der Waals surface area (Å²) in [6.45, 7) is 4.90. The van der Waals surface area contributed by atoms with E-state index in [1.54, 1.807) is 10.4 Å². The molecule has 2 aromatic heterocycles. The first-order valence-corrected chi connectivity index (χ1v) is 15.2. The highest BCUT2D eigenvalue weighted by Gasteiger charge is 2.30. The molecule has 11 heteroatoms. The fraction of sp³-hybridized carbons (Fsp3) is 0.500. The van der Waals surface area contributed by atoms with Gasteiger partial charge in [-0.15, -0.1) is 11.3 Å². The molecule has 0 spiro atoms. The Bertz CT molecular complexity index is 1350. The molecular formula is C26H34N4O5S2. The van der Waals surface area contributed by atoms with Crippen molar-refractivity contribution in [2.45, 2.75) is 31.8 Å². The number of hydrogen-bond acceptors (Lipinski definition) is 7. The molecule has 0 saturated carbocycles. The van der Waals surface area contributed by atoms with E-state index in [-0.39, 0.29) is 18.3 Å². The third-order valence-corrected chi connectivity index (χ3v) is 10.5. The van der Waals surface area contributed by atoms with Crippen LogP contribution in [0.25, 0.3) is 21.3 Å². The van der Waals surface area contributed by atoms with Gasteiger partial charge in [0.05, 0.1) is 36.7 Å². The molecule has 0 aliphatic carbocycles. The van der Waals surface area contributed by atoms with Gasteiger partial charge in [0.25, 0.3) is 5.91 Å². The molecule has 2 fully saturated rings. The summed E-state index contributed by atoms with van der Waals surface area (Å²) in [6.07, 6.45) is 4.01. The predicted octanol–water partition coefficient (Wildman–Crippen LogP) is 2.72. The number of piperidine rings is 1. The normalized spacial score (nSPS) is 18.5. The van der Waals surface area contributed by atoms with Crippen molar-refractivity contribution in [1.82, 2.24) is 14.2 Å². The third kappa shape index (κ3) is 5.76. The first kappa shape index (κ1) is 26.3. The number of rotatable bonds is 9. The smallest absolute Gasteiger partial charge is 0.250 e. The van der Waals surface area contributed by atoms with Gasteiger partial charge in [0, 0.05) is 47.5 Å². The van der Waals surface area contributed by atoms with Gasteiger partial charge in [-0.25, -0.2) is 12.7 Å². The topological polar surface area (TPSA) is 129 Å². The Kier molecular flexibility index (Phi) is 7.99. The number of aromatic nitrogens is 1. The molecule has 9 nitrogen and oxygen atoms in total. The number of sulfonamides is 1. The number of fused-ring (bicyclic) bond motifs is 1. The zero-order valence-corrected chi connectivity index (χ0v) is 22.5. The average molecular weight is 547 g/mol. The lowest BCUT2D eigenvalue weighted by Gasteiger charge is -2.32. The summed E-state index contributed by atoms with van der Waals surface area (Å²) in [5.41, 5.74) is 8.83. The summed E-state index contributed by atoms with van der Waals surface area (Å²) in [5.74, 6) is -0.151. The third-order valence-electron chi connectivity index (χ3n) is 7.46.